The standard InChI is InChI=1S/C57H37BN6S/c1-5-19-38(20-6-1)55-59-56(39-21-7-2-8-22-39)61-57(60-55)40-33-35-43(36-34-40)62-47-30-16-17-31-48(47)64(42-25-11-4-12-26-42)53-49(62)37-51-52-54(53)63(41-23-9-3-10-24-41)46-29-15-13-27-44(46)58(52)45-28-14-18-32-50(45)65-51/h1-37H. The zero-order valence-electron chi connectivity index (χ0n) is 35.0. The van der Waals surface area contributed by atoms with Crippen LogP contribution in [0.1, 0.15) is 0 Å². The molecule has 0 radical (unpaired) electrons. The minimum atomic E-state index is 0.0448. The molecule has 65 heavy (non-hydrogen) atoms. The van der Waals surface area contributed by atoms with Crippen molar-refractivity contribution in [1.29, 1.82) is 0 Å². The molecule has 0 unspecified atom stereocenters. The van der Waals surface area contributed by atoms with E-state index in [9.17, 15) is 0 Å². The first-order valence-electron chi connectivity index (χ1n) is 21.9. The summed E-state index contributed by atoms with van der Waals surface area (Å²) in [6.07, 6.45) is 0. The van der Waals surface area contributed by atoms with E-state index in [1.165, 1.54) is 37.6 Å². The Morgan fingerprint density at radius 1 is 0.323 bits per heavy atom. The first-order chi connectivity index (χ1) is 32.3. The second-order valence-electron chi connectivity index (χ2n) is 16.4. The van der Waals surface area contributed by atoms with Crippen LogP contribution in [0.4, 0.5) is 51.2 Å². The summed E-state index contributed by atoms with van der Waals surface area (Å²) in [5.74, 6) is 1.90. The summed E-state index contributed by atoms with van der Waals surface area (Å²) < 4.78 is 0. The molecular weight excluding hydrogens is 812 g/mol. The second kappa shape index (κ2) is 15.3. The summed E-state index contributed by atoms with van der Waals surface area (Å²) in [7, 11) is 0. The van der Waals surface area contributed by atoms with Crippen molar-refractivity contribution < 1.29 is 0 Å². The van der Waals surface area contributed by atoms with E-state index in [0.29, 0.717) is 17.5 Å². The van der Waals surface area contributed by atoms with Crippen molar-refractivity contribution in [2.24, 2.45) is 0 Å². The van der Waals surface area contributed by atoms with E-state index in [1.54, 1.807) is 0 Å². The first kappa shape index (κ1) is 37.4. The van der Waals surface area contributed by atoms with Crippen molar-refractivity contribution in [3.63, 3.8) is 0 Å². The molecule has 13 rings (SSSR count). The minimum Gasteiger partial charge on any atom is -0.309 e. The van der Waals surface area contributed by atoms with Gasteiger partial charge in [0.15, 0.2) is 17.5 Å². The number of para-hydroxylation sites is 5. The molecule has 0 N–H and O–H groups in total. The van der Waals surface area contributed by atoms with Gasteiger partial charge in [0.1, 0.15) is 0 Å². The number of rotatable bonds is 6. The van der Waals surface area contributed by atoms with E-state index in [0.717, 1.165) is 56.5 Å². The van der Waals surface area contributed by atoms with Crippen molar-refractivity contribution >= 4 is 86.0 Å². The molecule has 0 amide bonds. The van der Waals surface area contributed by atoms with Crippen molar-refractivity contribution in [1.82, 2.24) is 15.0 Å². The van der Waals surface area contributed by atoms with Gasteiger partial charge in [-0.15, -0.1) is 0 Å². The number of nitrogens with zero attached hydrogens (tertiary/aromatic N) is 6. The van der Waals surface area contributed by atoms with Gasteiger partial charge in [-0.05, 0) is 89.8 Å². The molecule has 6 nitrogen and oxygen atoms in total. The van der Waals surface area contributed by atoms with Crippen molar-refractivity contribution in [3.05, 3.63) is 224 Å². The van der Waals surface area contributed by atoms with E-state index in [2.05, 4.69) is 178 Å². The van der Waals surface area contributed by atoms with E-state index in [1.807, 2.05) is 72.4 Å². The van der Waals surface area contributed by atoms with Crippen LogP contribution in [0.3, 0.4) is 0 Å². The lowest BCUT2D eigenvalue weighted by atomic mass is 9.34. The Morgan fingerprint density at radius 2 is 0.754 bits per heavy atom. The highest BCUT2D eigenvalue weighted by Gasteiger charge is 2.46. The third-order valence-corrected chi connectivity index (χ3v) is 13.8. The number of hydrogen-bond acceptors (Lipinski definition) is 7. The summed E-state index contributed by atoms with van der Waals surface area (Å²) in [6, 6.07) is 79.9. The molecule has 0 saturated heterocycles. The highest BCUT2D eigenvalue weighted by atomic mass is 32.2. The van der Waals surface area contributed by atoms with Gasteiger partial charge in [-0.2, -0.15) is 0 Å². The molecular formula is C57H37BN6S. The van der Waals surface area contributed by atoms with Crippen LogP contribution < -0.4 is 31.1 Å². The Balaban J connectivity index is 1.06. The van der Waals surface area contributed by atoms with Gasteiger partial charge in [-0.1, -0.05) is 163 Å². The molecule has 0 atom stereocenters. The monoisotopic (exact) mass is 848 g/mol. The molecule has 304 valence electrons. The minimum absolute atomic E-state index is 0.0448. The molecule has 0 fully saturated rings. The van der Waals surface area contributed by atoms with Gasteiger partial charge in [-0.3, -0.25) is 0 Å². The Labute approximate surface area is 382 Å². The van der Waals surface area contributed by atoms with Gasteiger partial charge in [0, 0.05) is 49.2 Å². The maximum absolute atomic E-state index is 5.06. The molecule has 8 heteroatoms. The average molecular weight is 849 g/mol. The van der Waals surface area contributed by atoms with Crippen LogP contribution >= 0.6 is 11.8 Å². The van der Waals surface area contributed by atoms with Crippen LogP contribution in [0.5, 0.6) is 0 Å². The van der Waals surface area contributed by atoms with Gasteiger partial charge in [-0.25, -0.2) is 15.0 Å². The van der Waals surface area contributed by atoms with Crippen LogP contribution in [0.2, 0.25) is 0 Å². The van der Waals surface area contributed by atoms with Crippen LogP contribution in [-0.4, -0.2) is 21.7 Å². The smallest absolute Gasteiger partial charge is 0.249 e. The molecule has 0 bridgehead atoms. The highest BCUT2D eigenvalue weighted by molar-refractivity contribution is 8.00. The number of aromatic nitrogens is 3. The molecule has 9 aromatic carbocycles. The normalized spacial score (nSPS) is 13.0. The van der Waals surface area contributed by atoms with Gasteiger partial charge in [0.05, 0.1) is 28.4 Å². The van der Waals surface area contributed by atoms with E-state index >= 15 is 0 Å². The average Bonchev–Trinajstić information content (AvgIpc) is 3.38. The number of anilines is 9. The summed E-state index contributed by atoms with van der Waals surface area (Å²) >= 11 is 1.87. The fourth-order valence-electron chi connectivity index (χ4n) is 9.84. The van der Waals surface area contributed by atoms with Gasteiger partial charge < -0.3 is 14.7 Å². The van der Waals surface area contributed by atoms with Crippen LogP contribution in [0.25, 0.3) is 34.2 Å². The van der Waals surface area contributed by atoms with Gasteiger partial charge in [0.25, 0.3) is 0 Å². The number of fused-ring (bicyclic) bond motifs is 7. The van der Waals surface area contributed by atoms with Crippen molar-refractivity contribution in [2.45, 2.75) is 9.79 Å². The summed E-state index contributed by atoms with van der Waals surface area (Å²) in [4.78, 5) is 25.1. The zero-order chi connectivity index (χ0) is 42.8. The maximum atomic E-state index is 5.06. The topological polar surface area (TPSA) is 48.4 Å². The molecule has 1 aromatic heterocycles. The predicted octanol–water partition coefficient (Wildman–Crippen LogP) is 12.9. The fourth-order valence-corrected chi connectivity index (χ4v) is 11.0. The lowest BCUT2D eigenvalue weighted by molar-refractivity contribution is 1.07. The molecule has 10 aromatic rings. The van der Waals surface area contributed by atoms with E-state index in [-0.39, 0.29) is 6.71 Å². The summed E-state index contributed by atoms with van der Waals surface area (Å²) in [5, 5.41) is 0. The number of hydrogen-bond donors (Lipinski definition) is 0. The third kappa shape index (κ3) is 6.10. The van der Waals surface area contributed by atoms with Gasteiger partial charge >= 0.3 is 0 Å². The molecule has 0 saturated carbocycles. The van der Waals surface area contributed by atoms with Crippen LogP contribution in [0, 0.1) is 0 Å². The SMILES string of the molecule is c1ccc(-c2nc(-c3ccccc3)nc(-c3ccc(N4c5ccccc5N(c5ccccc5)c5c4cc4c6c5N(c5ccccc5)c5ccccc5B6c5ccccc5S4)cc3)n2)cc1. The van der Waals surface area contributed by atoms with Crippen LogP contribution in [-0.2, 0) is 0 Å². The first-order valence-corrected chi connectivity index (χ1v) is 22.7. The summed E-state index contributed by atoms with van der Waals surface area (Å²) in [6.45, 7) is 0.0448. The van der Waals surface area contributed by atoms with E-state index in [4.69, 9.17) is 15.0 Å². The quantitative estimate of drug-likeness (QED) is 0.154. The molecule has 0 spiro atoms. The van der Waals surface area contributed by atoms with Crippen molar-refractivity contribution in [3.8, 4) is 34.2 Å². The molecule has 3 aliphatic heterocycles. The summed E-state index contributed by atoms with van der Waals surface area (Å²) in [5.41, 5.74) is 16.8. The Hall–Kier alpha value is -8.20. The molecule has 4 heterocycles. The largest absolute Gasteiger partial charge is 0.309 e. The zero-order valence-corrected chi connectivity index (χ0v) is 35.8. The lowest BCUT2D eigenvalue weighted by Gasteiger charge is -2.47. The molecule has 3 aliphatic rings. The number of benzene rings is 9. The van der Waals surface area contributed by atoms with E-state index < -0.39 is 0 Å². The van der Waals surface area contributed by atoms with Crippen molar-refractivity contribution in [2.75, 3.05) is 14.7 Å². The predicted molar refractivity (Wildman–Crippen MR) is 269 cm³/mol. The molecule has 0 aliphatic carbocycles. The third-order valence-electron chi connectivity index (χ3n) is 12.6. The lowest BCUT2D eigenvalue weighted by Crippen LogP contribution is -2.60. The fraction of sp³-hybridized carbons (Fsp3) is 0. The Morgan fingerprint density at radius 3 is 1.34 bits per heavy atom. The second-order valence-corrected chi connectivity index (χ2v) is 17.5. The Kier molecular flexibility index (Phi) is 8.77. The highest BCUT2D eigenvalue weighted by Crippen LogP contribution is 2.60. The van der Waals surface area contributed by atoms with Crippen LogP contribution in [0.15, 0.2) is 234 Å². The Bertz CT molecular complexity index is 3370. The maximum Gasteiger partial charge on any atom is 0.249 e. The van der Waals surface area contributed by atoms with Gasteiger partial charge in [0.2, 0.25) is 6.71 Å².